The Hall–Kier alpha value is -1.72. The number of ether oxygens (including phenoxy) is 3. The maximum Gasteiger partial charge on any atom is 0.246 e. The summed E-state index contributed by atoms with van der Waals surface area (Å²) >= 11 is 6.13. The van der Waals surface area contributed by atoms with E-state index in [9.17, 15) is 4.79 Å². The summed E-state index contributed by atoms with van der Waals surface area (Å²) in [4.78, 5) is 14.2. The van der Waals surface area contributed by atoms with Gasteiger partial charge in [0, 0.05) is 12.6 Å². The second-order valence-corrected chi connectivity index (χ2v) is 5.96. The summed E-state index contributed by atoms with van der Waals surface area (Å²) in [6.45, 7) is 5.29. The third kappa shape index (κ3) is 3.05. The van der Waals surface area contributed by atoms with Crippen LogP contribution in [0, 0.1) is 0 Å². The van der Waals surface area contributed by atoms with Crippen molar-refractivity contribution in [3.05, 3.63) is 28.8 Å². The van der Waals surface area contributed by atoms with Crippen molar-refractivity contribution < 1.29 is 19.0 Å². The van der Waals surface area contributed by atoms with Crippen LogP contribution < -0.4 is 9.47 Å². The molecule has 6 heteroatoms. The summed E-state index contributed by atoms with van der Waals surface area (Å²) in [5.41, 5.74) is 0.802. The van der Waals surface area contributed by atoms with Gasteiger partial charge in [-0.05, 0) is 37.6 Å². The van der Waals surface area contributed by atoms with Gasteiger partial charge in [0.15, 0.2) is 11.5 Å². The fourth-order valence-electron chi connectivity index (χ4n) is 2.56. The molecule has 1 fully saturated rings. The van der Waals surface area contributed by atoms with E-state index >= 15 is 0 Å². The van der Waals surface area contributed by atoms with Crippen molar-refractivity contribution in [3.63, 3.8) is 0 Å². The Morgan fingerprint density at radius 3 is 3.00 bits per heavy atom. The topological polar surface area (TPSA) is 48.0 Å². The van der Waals surface area contributed by atoms with Crippen LogP contribution in [0.25, 0.3) is 6.08 Å². The number of nitrogens with zero attached hydrogens (tertiary/aromatic N) is 1. The Labute approximate surface area is 134 Å². The quantitative estimate of drug-likeness (QED) is 0.785. The normalized spacial score (nSPS) is 24.0. The number of carbonyl (C=O) groups excluding carboxylic acids is 1. The second-order valence-electron chi connectivity index (χ2n) is 5.55. The molecule has 118 valence electrons. The van der Waals surface area contributed by atoms with Crippen molar-refractivity contribution in [2.75, 3.05) is 19.9 Å². The molecular weight excluding hydrogens is 306 g/mol. The molecule has 0 bridgehead atoms. The predicted octanol–water partition coefficient (Wildman–Crippen LogP) is 2.72. The first kappa shape index (κ1) is 15.2. The van der Waals surface area contributed by atoms with Gasteiger partial charge in [0.1, 0.15) is 0 Å². The van der Waals surface area contributed by atoms with Gasteiger partial charge in [-0.3, -0.25) is 4.79 Å². The van der Waals surface area contributed by atoms with Crippen LogP contribution in [-0.2, 0) is 9.53 Å². The van der Waals surface area contributed by atoms with E-state index in [-0.39, 0.29) is 24.8 Å². The molecule has 1 aromatic rings. The van der Waals surface area contributed by atoms with Crippen molar-refractivity contribution in [1.82, 2.24) is 4.90 Å². The standard InChI is InChI=1S/C16H18ClNO4/c1-10-8-20-11(2)7-18(10)15(19)4-3-12-5-13(17)16-14(6-12)21-9-22-16/h3-6,10-11H,7-9H2,1-2H3/b4-3+. The highest BCUT2D eigenvalue weighted by atomic mass is 35.5. The van der Waals surface area contributed by atoms with Gasteiger partial charge in [-0.15, -0.1) is 0 Å². The van der Waals surface area contributed by atoms with E-state index < -0.39 is 0 Å². The summed E-state index contributed by atoms with van der Waals surface area (Å²) in [6.07, 6.45) is 3.36. The Balaban J connectivity index is 1.74. The molecule has 2 aliphatic rings. The zero-order valence-electron chi connectivity index (χ0n) is 12.5. The zero-order chi connectivity index (χ0) is 15.7. The Morgan fingerprint density at radius 1 is 1.36 bits per heavy atom. The highest BCUT2D eigenvalue weighted by Gasteiger charge is 2.26. The molecule has 1 amide bonds. The molecule has 1 saturated heterocycles. The van der Waals surface area contributed by atoms with Crippen molar-refractivity contribution in [1.29, 1.82) is 0 Å². The lowest BCUT2D eigenvalue weighted by Crippen LogP contribution is -2.49. The number of amides is 1. The molecule has 0 saturated carbocycles. The van der Waals surface area contributed by atoms with Gasteiger partial charge >= 0.3 is 0 Å². The summed E-state index contributed by atoms with van der Waals surface area (Å²) in [7, 11) is 0. The fraction of sp³-hybridized carbons (Fsp3) is 0.438. The molecule has 2 unspecified atom stereocenters. The molecule has 0 spiro atoms. The smallest absolute Gasteiger partial charge is 0.246 e. The number of benzene rings is 1. The van der Waals surface area contributed by atoms with Crippen LogP contribution >= 0.6 is 11.6 Å². The summed E-state index contributed by atoms with van der Waals surface area (Å²) in [5, 5.41) is 0.482. The van der Waals surface area contributed by atoms with Crippen LogP contribution in [0.1, 0.15) is 19.4 Å². The average Bonchev–Trinajstić information content (AvgIpc) is 2.96. The van der Waals surface area contributed by atoms with Crippen molar-refractivity contribution in [2.24, 2.45) is 0 Å². The van der Waals surface area contributed by atoms with E-state index in [0.29, 0.717) is 29.7 Å². The largest absolute Gasteiger partial charge is 0.454 e. The maximum atomic E-state index is 12.3. The number of halogens is 1. The van der Waals surface area contributed by atoms with E-state index in [1.807, 2.05) is 24.8 Å². The van der Waals surface area contributed by atoms with Gasteiger partial charge in [0.25, 0.3) is 0 Å². The first-order chi connectivity index (χ1) is 10.5. The molecular formula is C16H18ClNO4. The molecule has 2 aliphatic heterocycles. The third-order valence-electron chi connectivity index (χ3n) is 3.76. The van der Waals surface area contributed by atoms with Crippen LogP contribution in [0.5, 0.6) is 11.5 Å². The molecule has 22 heavy (non-hydrogen) atoms. The van der Waals surface area contributed by atoms with Crippen LogP contribution in [0.15, 0.2) is 18.2 Å². The van der Waals surface area contributed by atoms with Gasteiger partial charge in [-0.2, -0.15) is 0 Å². The van der Waals surface area contributed by atoms with E-state index in [1.165, 1.54) is 0 Å². The number of morpholine rings is 1. The van der Waals surface area contributed by atoms with Crippen LogP contribution in [0.3, 0.4) is 0 Å². The molecule has 0 radical (unpaired) electrons. The maximum absolute atomic E-state index is 12.3. The van der Waals surface area contributed by atoms with Crippen LogP contribution in [-0.4, -0.2) is 42.9 Å². The summed E-state index contributed by atoms with van der Waals surface area (Å²) in [5.74, 6) is 1.13. The summed E-state index contributed by atoms with van der Waals surface area (Å²) < 4.78 is 16.1. The number of rotatable bonds is 2. The lowest BCUT2D eigenvalue weighted by atomic mass is 10.1. The van der Waals surface area contributed by atoms with Gasteiger partial charge in [-0.25, -0.2) is 0 Å². The molecule has 2 heterocycles. The highest BCUT2D eigenvalue weighted by Crippen LogP contribution is 2.40. The average molecular weight is 324 g/mol. The minimum atomic E-state index is -0.0311. The van der Waals surface area contributed by atoms with Crippen LogP contribution in [0.2, 0.25) is 5.02 Å². The Kier molecular flexibility index (Phi) is 4.27. The minimum absolute atomic E-state index is 0.0311. The van der Waals surface area contributed by atoms with Gasteiger partial charge in [0.2, 0.25) is 12.7 Å². The van der Waals surface area contributed by atoms with E-state index in [4.69, 9.17) is 25.8 Å². The molecule has 0 aliphatic carbocycles. The van der Waals surface area contributed by atoms with E-state index in [2.05, 4.69) is 0 Å². The van der Waals surface area contributed by atoms with Crippen molar-refractivity contribution >= 4 is 23.6 Å². The SMILES string of the molecule is CC1CN(C(=O)/C=C/c2cc(Cl)c3c(c2)OCO3)C(C)CO1. The molecule has 0 N–H and O–H groups in total. The molecule has 2 atom stereocenters. The first-order valence-corrected chi connectivity index (χ1v) is 7.62. The Morgan fingerprint density at radius 2 is 2.18 bits per heavy atom. The Bertz CT molecular complexity index is 616. The lowest BCUT2D eigenvalue weighted by Gasteiger charge is -2.36. The summed E-state index contributed by atoms with van der Waals surface area (Å²) in [6, 6.07) is 3.64. The lowest BCUT2D eigenvalue weighted by molar-refractivity contribution is -0.137. The second kappa shape index (κ2) is 6.18. The van der Waals surface area contributed by atoms with E-state index in [0.717, 1.165) is 5.56 Å². The van der Waals surface area contributed by atoms with Crippen molar-refractivity contribution in [3.8, 4) is 11.5 Å². The van der Waals surface area contributed by atoms with Gasteiger partial charge in [0.05, 0.1) is 23.8 Å². The monoisotopic (exact) mass is 323 g/mol. The number of fused-ring (bicyclic) bond motifs is 1. The molecule has 1 aromatic carbocycles. The van der Waals surface area contributed by atoms with Crippen LogP contribution in [0.4, 0.5) is 0 Å². The molecule has 5 nitrogen and oxygen atoms in total. The fourth-order valence-corrected chi connectivity index (χ4v) is 2.83. The molecule has 3 rings (SSSR count). The first-order valence-electron chi connectivity index (χ1n) is 7.24. The minimum Gasteiger partial charge on any atom is -0.454 e. The highest BCUT2D eigenvalue weighted by molar-refractivity contribution is 6.32. The third-order valence-corrected chi connectivity index (χ3v) is 4.04. The van der Waals surface area contributed by atoms with Gasteiger partial charge in [-0.1, -0.05) is 11.6 Å². The van der Waals surface area contributed by atoms with Gasteiger partial charge < -0.3 is 19.1 Å². The number of carbonyl (C=O) groups is 1. The zero-order valence-corrected chi connectivity index (χ0v) is 13.3. The number of hydrogen-bond donors (Lipinski definition) is 0. The van der Waals surface area contributed by atoms with Crippen molar-refractivity contribution in [2.45, 2.75) is 26.0 Å². The molecule has 0 aromatic heterocycles. The predicted molar refractivity (Wildman–Crippen MR) is 83.2 cm³/mol. The van der Waals surface area contributed by atoms with E-state index in [1.54, 1.807) is 18.2 Å². The number of hydrogen-bond acceptors (Lipinski definition) is 4.